The number of benzene rings is 4. The Morgan fingerprint density at radius 2 is 1.62 bits per heavy atom. The predicted octanol–water partition coefficient (Wildman–Crippen LogP) is 8.63. The lowest BCUT2D eigenvalue weighted by atomic mass is 10.1. The Hall–Kier alpha value is -5.41. The molecular weight excluding hydrogens is 588 g/mol. The lowest BCUT2D eigenvalue weighted by molar-refractivity contribution is 0.209. The van der Waals surface area contributed by atoms with E-state index in [1.165, 1.54) is 4.90 Å². The zero-order valence-electron chi connectivity index (χ0n) is 27.5. The number of ether oxygens (including phenoxy) is 2. The maximum atomic E-state index is 14.1. The summed E-state index contributed by atoms with van der Waals surface area (Å²) in [6.45, 7) is 8.44. The quantitative estimate of drug-likeness (QED) is 0.144. The van der Waals surface area contributed by atoms with Gasteiger partial charge in [-0.1, -0.05) is 36.4 Å². The summed E-state index contributed by atoms with van der Waals surface area (Å²) in [4.78, 5) is 27.0. The molecular formula is C38H40N6O3. The van der Waals surface area contributed by atoms with Crippen molar-refractivity contribution >= 4 is 51.0 Å². The molecule has 2 aromatic heterocycles. The normalized spacial score (nSPS) is 11.3. The largest absolute Gasteiger partial charge is 0.494 e. The van der Waals surface area contributed by atoms with Crippen LogP contribution >= 0.6 is 0 Å². The van der Waals surface area contributed by atoms with E-state index in [9.17, 15) is 4.79 Å². The van der Waals surface area contributed by atoms with Gasteiger partial charge in [0.2, 0.25) is 5.95 Å². The Bertz CT molecular complexity index is 2000. The van der Waals surface area contributed by atoms with Crippen LogP contribution in [-0.4, -0.2) is 52.8 Å². The number of anilines is 4. The lowest BCUT2D eigenvalue weighted by Gasteiger charge is -2.23. The summed E-state index contributed by atoms with van der Waals surface area (Å²) in [6.07, 6.45) is 2.01. The molecule has 6 aromatic rings. The van der Waals surface area contributed by atoms with E-state index in [0.29, 0.717) is 29.8 Å². The van der Waals surface area contributed by atoms with Crippen LogP contribution in [-0.2, 0) is 6.54 Å². The fourth-order valence-corrected chi connectivity index (χ4v) is 5.81. The second-order valence-electron chi connectivity index (χ2n) is 11.8. The van der Waals surface area contributed by atoms with Crippen LogP contribution in [0.2, 0.25) is 0 Å². The van der Waals surface area contributed by atoms with E-state index in [4.69, 9.17) is 14.5 Å². The van der Waals surface area contributed by atoms with Crippen LogP contribution < -0.4 is 19.7 Å². The van der Waals surface area contributed by atoms with Crippen molar-refractivity contribution in [1.82, 2.24) is 19.4 Å². The highest BCUT2D eigenvalue weighted by molar-refractivity contribution is 6.10. The fourth-order valence-electron chi connectivity index (χ4n) is 5.81. The molecule has 2 heterocycles. The van der Waals surface area contributed by atoms with Crippen molar-refractivity contribution in [3.63, 3.8) is 0 Å². The molecule has 0 saturated carbocycles. The number of aryl methyl sites for hydroxylation is 3. The van der Waals surface area contributed by atoms with Crippen molar-refractivity contribution in [3.05, 3.63) is 108 Å². The molecule has 4 aromatic carbocycles. The summed E-state index contributed by atoms with van der Waals surface area (Å²) in [5, 5.41) is 5.42. The number of amides is 1. The van der Waals surface area contributed by atoms with Gasteiger partial charge in [0.05, 0.1) is 12.3 Å². The van der Waals surface area contributed by atoms with Crippen molar-refractivity contribution in [1.29, 1.82) is 0 Å². The summed E-state index contributed by atoms with van der Waals surface area (Å²) in [5.74, 6) is 2.04. The third kappa shape index (κ3) is 6.90. The van der Waals surface area contributed by atoms with Gasteiger partial charge in [-0.3, -0.25) is 0 Å². The number of para-hydroxylation sites is 2. The molecule has 0 aliphatic carbocycles. The minimum absolute atomic E-state index is 0.343. The van der Waals surface area contributed by atoms with Gasteiger partial charge >= 0.3 is 6.09 Å². The number of rotatable bonds is 11. The third-order valence-corrected chi connectivity index (χ3v) is 8.11. The zero-order chi connectivity index (χ0) is 32.9. The monoisotopic (exact) mass is 628 g/mol. The molecule has 0 aliphatic rings. The van der Waals surface area contributed by atoms with Crippen molar-refractivity contribution in [3.8, 4) is 11.5 Å². The first-order valence-corrected chi connectivity index (χ1v) is 15.9. The molecule has 0 fully saturated rings. The number of hydrogen-bond donors (Lipinski definition) is 1. The number of nitrogens with zero attached hydrogens (tertiary/aromatic N) is 5. The number of nitrogens with one attached hydrogen (secondary N) is 1. The van der Waals surface area contributed by atoms with Gasteiger partial charge < -0.3 is 24.3 Å². The highest BCUT2D eigenvalue weighted by Gasteiger charge is 2.25. The Morgan fingerprint density at radius 3 is 2.36 bits per heavy atom. The standard InChI is InChI=1S/C38H40N6O3/c1-6-43-33-14-8-7-13-31(33)32-25-29(17-20-34(32)43)44(38(45)47-36-26(2)11-9-12-27(36)3)35-21-22-39-37(41-35)40-28-15-18-30(19-16-28)46-24-10-23-42(4)5/h7-9,11-22,25H,6,10,23-24H2,1-5H3,(H,39,40,41). The van der Waals surface area contributed by atoms with Crippen LogP contribution in [0.1, 0.15) is 24.5 Å². The Labute approximate surface area is 275 Å². The number of fused-ring (bicyclic) bond motifs is 3. The van der Waals surface area contributed by atoms with E-state index >= 15 is 0 Å². The smallest absolute Gasteiger partial charge is 0.425 e. The van der Waals surface area contributed by atoms with Gasteiger partial charge in [0.25, 0.3) is 0 Å². The van der Waals surface area contributed by atoms with Crippen LogP contribution in [0, 0.1) is 13.8 Å². The predicted molar refractivity (Wildman–Crippen MR) is 190 cm³/mol. The molecule has 9 heteroatoms. The zero-order valence-corrected chi connectivity index (χ0v) is 27.5. The van der Waals surface area contributed by atoms with E-state index in [1.807, 2.05) is 80.6 Å². The first-order valence-electron chi connectivity index (χ1n) is 15.9. The van der Waals surface area contributed by atoms with Crippen LogP contribution in [0.4, 0.5) is 27.9 Å². The molecule has 47 heavy (non-hydrogen) atoms. The Balaban J connectivity index is 1.33. The Kier molecular flexibility index (Phi) is 9.35. The number of carbonyl (C=O) groups is 1. The first kappa shape index (κ1) is 31.6. The average Bonchev–Trinajstić information content (AvgIpc) is 3.39. The van der Waals surface area contributed by atoms with E-state index in [-0.39, 0.29) is 0 Å². The van der Waals surface area contributed by atoms with Gasteiger partial charge in [-0.25, -0.2) is 14.7 Å². The van der Waals surface area contributed by atoms with Crippen LogP contribution in [0.3, 0.4) is 0 Å². The average molecular weight is 629 g/mol. The van der Waals surface area contributed by atoms with E-state index in [2.05, 4.69) is 59.0 Å². The lowest BCUT2D eigenvalue weighted by Crippen LogP contribution is -2.30. The van der Waals surface area contributed by atoms with E-state index in [0.717, 1.165) is 63.9 Å². The van der Waals surface area contributed by atoms with E-state index < -0.39 is 6.09 Å². The van der Waals surface area contributed by atoms with Crippen LogP contribution in [0.5, 0.6) is 11.5 Å². The van der Waals surface area contributed by atoms with Crippen molar-refractivity contribution in [2.75, 3.05) is 37.5 Å². The van der Waals surface area contributed by atoms with Gasteiger partial charge in [0.1, 0.15) is 17.3 Å². The summed E-state index contributed by atoms with van der Waals surface area (Å²) < 4.78 is 14.2. The van der Waals surface area contributed by atoms with Crippen molar-refractivity contribution in [2.45, 2.75) is 33.7 Å². The highest BCUT2D eigenvalue weighted by atomic mass is 16.6. The maximum absolute atomic E-state index is 14.1. The molecule has 0 radical (unpaired) electrons. The maximum Gasteiger partial charge on any atom is 0.425 e. The molecule has 1 amide bonds. The topological polar surface area (TPSA) is 84.8 Å². The molecule has 0 unspecified atom stereocenters. The van der Waals surface area contributed by atoms with Crippen molar-refractivity contribution < 1.29 is 14.3 Å². The molecule has 0 aliphatic heterocycles. The van der Waals surface area contributed by atoms with Gasteiger partial charge in [-0.05, 0) is 101 Å². The molecule has 0 spiro atoms. The van der Waals surface area contributed by atoms with Crippen LogP contribution in [0.25, 0.3) is 21.8 Å². The minimum atomic E-state index is -0.568. The van der Waals surface area contributed by atoms with Gasteiger partial charge in [-0.15, -0.1) is 0 Å². The number of aromatic nitrogens is 3. The molecule has 0 bridgehead atoms. The van der Waals surface area contributed by atoms with Crippen molar-refractivity contribution in [2.24, 2.45) is 0 Å². The SMILES string of the molecule is CCn1c2ccccc2c2cc(N(C(=O)Oc3c(C)cccc3C)c3ccnc(Nc4ccc(OCCCN(C)C)cc4)n3)ccc21. The van der Waals surface area contributed by atoms with Gasteiger partial charge in [0, 0.05) is 52.8 Å². The molecule has 0 atom stereocenters. The summed E-state index contributed by atoms with van der Waals surface area (Å²) in [7, 11) is 4.10. The molecule has 0 saturated heterocycles. The summed E-state index contributed by atoms with van der Waals surface area (Å²) in [5.41, 5.74) is 5.40. The first-order chi connectivity index (χ1) is 22.8. The summed E-state index contributed by atoms with van der Waals surface area (Å²) in [6, 6.07) is 29.5. The fraction of sp³-hybridized carbons (Fsp3) is 0.237. The summed E-state index contributed by atoms with van der Waals surface area (Å²) >= 11 is 0. The molecule has 9 nitrogen and oxygen atoms in total. The van der Waals surface area contributed by atoms with Gasteiger partial charge in [-0.2, -0.15) is 4.98 Å². The van der Waals surface area contributed by atoms with E-state index in [1.54, 1.807) is 12.3 Å². The molecule has 1 N–H and O–H groups in total. The molecule has 6 rings (SSSR count). The third-order valence-electron chi connectivity index (χ3n) is 8.11. The second kappa shape index (κ2) is 13.9. The number of carbonyl (C=O) groups excluding carboxylic acids is 1. The second-order valence-corrected chi connectivity index (χ2v) is 11.8. The highest BCUT2D eigenvalue weighted by Crippen LogP contribution is 2.35. The van der Waals surface area contributed by atoms with Gasteiger partial charge in [0.15, 0.2) is 0 Å². The Morgan fingerprint density at radius 1 is 0.872 bits per heavy atom. The number of hydrogen-bond acceptors (Lipinski definition) is 7. The molecule has 240 valence electrons. The van der Waals surface area contributed by atoms with Crippen LogP contribution in [0.15, 0.2) is 97.2 Å². The minimum Gasteiger partial charge on any atom is -0.494 e.